The van der Waals surface area contributed by atoms with Crippen molar-refractivity contribution in [2.75, 3.05) is 12.4 Å². The molecule has 106 valence electrons. The van der Waals surface area contributed by atoms with Crippen LogP contribution in [0.15, 0.2) is 18.3 Å². The second-order valence-corrected chi connectivity index (χ2v) is 5.75. The number of hydrogen-bond acceptors (Lipinski definition) is 4. The fourth-order valence-electron chi connectivity index (χ4n) is 1.79. The molecule has 2 aromatic rings. The highest BCUT2D eigenvalue weighted by Crippen LogP contribution is 2.20. The number of halogens is 1. The van der Waals surface area contributed by atoms with E-state index >= 15 is 0 Å². The zero-order valence-corrected chi connectivity index (χ0v) is 12.4. The lowest BCUT2D eigenvalue weighted by atomic mass is 10.2. The van der Waals surface area contributed by atoms with Crippen molar-refractivity contribution in [2.24, 2.45) is 0 Å². The third kappa shape index (κ3) is 2.96. The fraction of sp³-hybridized carbons (Fsp3) is 0.286. The molecule has 2 aromatic heterocycles. The van der Waals surface area contributed by atoms with Crippen molar-refractivity contribution in [1.29, 1.82) is 0 Å². The van der Waals surface area contributed by atoms with Gasteiger partial charge in [0.2, 0.25) is 0 Å². The minimum absolute atomic E-state index is 0.00523. The van der Waals surface area contributed by atoms with E-state index in [0.717, 1.165) is 4.88 Å². The first-order chi connectivity index (χ1) is 9.52. The van der Waals surface area contributed by atoms with E-state index < -0.39 is 11.7 Å². The van der Waals surface area contributed by atoms with Crippen LogP contribution in [0.5, 0.6) is 0 Å². The number of aryl methyl sites for hydroxylation is 2. The minimum atomic E-state index is -0.633. The predicted octanol–water partition coefficient (Wildman–Crippen LogP) is 2.87. The molecule has 0 spiro atoms. The third-order valence-corrected chi connectivity index (χ3v) is 4.16. The molecule has 2 rings (SSSR count). The number of carbonyl (C=O) groups excluding carboxylic acids is 1. The average Bonchev–Trinajstić information content (AvgIpc) is 2.75. The molecule has 0 aliphatic carbocycles. The Kier molecular flexibility index (Phi) is 4.34. The van der Waals surface area contributed by atoms with Gasteiger partial charge < -0.3 is 10.6 Å². The monoisotopic (exact) mass is 293 g/mol. The van der Waals surface area contributed by atoms with Crippen LogP contribution in [0.3, 0.4) is 0 Å². The summed E-state index contributed by atoms with van der Waals surface area (Å²) in [5, 5.41) is 5.33. The number of nitrogens with one attached hydrogen (secondary N) is 2. The smallest absolute Gasteiger partial charge is 0.254 e. The number of amides is 1. The molecule has 0 aromatic carbocycles. The van der Waals surface area contributed by atoms with E-state index in [1.807, 2.05) is 19.9 Å². The van der Waals surface area contributed by atoms with Gasteiger partial charge in [0, 0.05) is 23.0 Å². The zero-order valence-electron chi connectivity index (χ0n) is 11.6. The van der Waals surface area contributed by atoms with E-state index in [0.29, 0.717) is 6.54 Å². The third-order valence-electron chi connectivity index (χ3n) is 3.01. The maximum absolute atomic E-state index is 13.9. The standard InChI is InChI=1S/C14H16FN3OS/c1-8-6-10(20-9(8)2)7-18-14(19)11-4-5-17-13(16-3)12(11)15/h4-6H,7H2,1-3H3,(H,16,17)(H,18,19). The molecular weight excluding hydrogens is 277 g/mol. The lowest BCUT2D eigenvalue weighted by Crippen LogP contribution is -2.24. The van der Waals surface area contributed by atoms with Gasteiger partial charge in [-0.15, -0.1) is 11.3 Å². The second kappa shape index (κ2) is 6.00. The molecule has 0 aliphatic heterocycles. The summed E-state index contributed by atoms with van der Waals surface area (Å²) in [6, 6.07) is 3.40. The van der Waals surface area contributed by atoms with Crippen LogP contribution in [0.1, 0.15) is 25.7 Å². The van der Waals surface area contributed by atoms with E-state index in [1.165, 1.54) is 22.7 Å². The molecule has 0 saturated heterocycles. The molecule has 0 saturated carbocycles. The van der Waals surface area contributed by atoms with Crippen molar-refractivity contribution in [1.82, 2.24) is 10.3 Å². The largest absolute Gasteiger partial charge is 0.371 e. The summed E-state index contributed by atoms with van der Waals surface area (Å²) in [6.07, 6.45) is 1.41. The summed E-state index contributed by atoms with van der Waals surface area (Å²) in [5.41, 5.74) is 1.20. The van der Waals surface area contributed by atoms with Gasteiger partial charge in [0.25, 0.3) is 5.91 Å². The van der Waals surface area contributed by atoms with Crippen LogP contribution in [-0.4, -0.2) is 17.9 Å². The van der Waals surface area contributed by atoms with Gasteiger partial charge in [-0.25, -0.2) is 9.37 Å². The van der Waals surface area contributed by atoms with Crippen LogP contribution >= 0.6 is 11.3 Å². The van der Waals surface area contributed by atoms with E-state index in [1.54, 1.807) is 18.4 Å². The predicted molar refractivity (Wildman–Crippen MR) is 78.7 cm³/mol. The van der Waals surface area contributed by atoms with Crippen LogP contribution in [0.2, 0.25) is 0 Å². The van der Waals surface area contributed by atoms with Gasteiger partial charge >= 0.3 is 0 Å². The Morgan fingerprint density at radius 3 is 2.80 bits per heavy atom. The van der Waals surface area contributed by atoms with E-state index in [-0.39, 0.29) is 11.4 Å². The SMILES string of the molecule is CNc1nccc(C(=O)NCc2cc(C)c(C)s2)c1F. The van der Waals surface area contributed by atoms with Crippen LogP contribution in [-0.2, 0) is 6.54 Å². The zero-order chi connectivity index (χ0) is 14.7. The van der Waals surface area contributed by atoms with Crippen LogP contribution in [0, 0.1) is 19.7 Å². The average molecular weight is 293 g/mol. The highest BCUT2D eigenvalue weighted by molar-refractivity contribution is 7.12. The Bertz CT molecular complexity index is 620. The van der Waals surface area contributed by atoms with Gasteiger partial charge in [-0.2, -0.15) is 0 Å². The fourth-order valence-corrected chi connectivity index (χ4v) is 2.79. The number of rotatable bonds is 4. The number of carbonyl (C=O) groups is 1. The molecule has 0 unspecified atom stereocenters. The van der Waals surface area contributed by atoms with E-state index in [4.69, 9.17) is 0 Å². The van der Waals surface area contributed by atoms with Gasteiger partial charge in [0.15, 0.2) is 11.6 Å². The first kappa shape index (κ1) is 14.5. The first-order valence-electron chi connectivity index (χ1n) is 6.19. The number of anilines is 1. The molecule has 0 radical (unpaired) electrons. The van der Waals surface area contributed by atoms with Crippen LogP contribution in [0.25, 0.3) is 0 Å². The summed E-state index contributed by atoms with van der Waals surface area (Å²) in [7, 11) is 1.56. The quantitative estimate of drug-likeness (QED) is 0.911. The van der Waals surface area contributed by atoms with Gasteiger partial charge in [-0.05, 0) is 31.5 Å². The van der Waals surface area contributed by atoms with Crippen molar-refractivity contribution in [3.8, 4) is 0 Å². The number of thiophene rings is 1. The lowest BCUT2D eigenvalue weighted by Gasteiger charge is -2.07. The molecule has 6 heteroatoms. The topological polar surface area (TPSA) is 54.0 Å². The highest BCUT2D eigenvalue weighted by Gasteiger charge is 2.15. The van der Waals surface area contributed by atoms with E-state index in [2.05, 4.69) is 15.6 Å². The minimum Gasteiger partial charge on any atom is -0.371 e. The Hall–Kier alpha value is -1.95. The number of pyridine rings is 1. The molecule has 2 heterocycles. The Labute approximate surface area is 121 Å². The highest BCUT2D eigenvalue weighted by atomic mass is 32.1. The Morgan fingerprint density at radius 2 is 2.20 bits per heavy atom. The van der Waals surface area contributed by atoms with E-state index in [9.17, 15) is 9.18 Å². The van der Waals surface area contributed by atoms with Crippen LogP contribution < -0.4 is 10.6 Å². The number of hydrogen-bond donors (Lipinski definition) is 2. The summed E-state index contributed by atoms with van der Waals surface area (Å²) < 4.78 is 13.9. The van der Waals surface area contributed by atoms with Crippen LogP contribution in [0.4, 0.5) is 10.2 Å². The molecule has 1 amide bonds. The van der Waals surface area contributed by atoms with Crippen molar-refractivity contribution in [2.45, 2.75) is 20.4 Å². The van der Waals surface area contributed by atoms with Crippen molar-refractivity contribution in [3.63, 3.8) is 0 Å². The normalized spacial score (nSPS) is 10.4. The summed E-state index contributed by atoms with van der Waals surface area (Å²) in [4.78, 5) is 18.1. The van der Waals surface area contributed by atoms with Gasteiger partial charge in [0.05, 0.1) is 12.1 Å². The van der Waals surface area contributed by atoms with Crippen molar-refractivity contribution in [3.05, 3.63) is 45.0 Å². The van der Waals surface area contributed by atoms with Gasteiger partial charge in [-0.3, -0.25) is 4.79 Å². The lowest BCUT2D eigenvalue weighted by molar-refractivity contribution is 0.0947. The molecule has 4 nitrogen and oxygen atoms in total. The molecular formula is C14H16FN3OS. The molecule has 2 N–H and O–H groups in total. The summed E-state index contributed by atoms with van der Waals surface area (Å²) in [5.74, 6) is -1.00. The number of aromatic nitrogens is 1. The summed E-state index contributed by atoms with van der Waals surface area (Å²) >= 11 is 1.63. The maximum Gasteiger partial charge on any atom is 0.254 e. The molecule has 0 aliphatic rings. The molecule has 0 bridgehead atoms. The number of nitrogens with zero attached hydrogens (tertiary/aromatic N) is 1. The maximum atomic E-state index is 13.9. The first-order valence-corrected chi connectivity index (χ1v) is 7.01. The Balaban J connectivity index is 2.09. The van der Waals surface area contributed by atoms with Gasteiger partial charge in [-0.1, -0.05) is 0 Å². The Morgan fingerprint density at radius 1 is 1.45 bits per heavy atom. The van der Waals surface area contributed by atoms with Crippen molar-refractivity contribution >= 4 is 23.1 Å². The second-order valence-electron chi connectivity index (χ2n) is 4.41. The molecule has 0 fully saturated rings. The van der Waals surface area contributed by atoms with Crippen molar-refractivity contribution < 1.29 is 9.18 Å². The summed E-state index contributed by atoms with van der Waals surface area (Å²) in [6.45, 7) is 4.46. The molecule has 0 atom stereocenters. The van der Waals surface area contributed by atoms with Gasteiger partial charge in [0.1, 0.15) is 0 Å². The molecule has 20 heavy (non-hydrogen) atoms.